The van der Waals surface area contributed by atoms with E-state index in [1.54, 1.807) is 17.2 Å². The minimum absolute atomic E-state index is 0.137. The van der Waals surface area contributed by atoms with Gasteiger partial charge >= 0.3 is 6.18 Å². The molecule has 32 heavy (non-hydrogen) atoms. The molecule has 0 bridgehead atoms. The standard InChI is InChI=1S/C21H24F3N5O3/c1-13(14-2-3-14)28-19(6-9-25-28)26-20(30)15-7-10-27(11-8-15)17-5-4-16(21(22,23)24)12-18(17)29(31)32/h4-6,9,12-15H,2-3,7-8,10-11H2,1H3,(H,26,30). The number of rotatable bonds is 6. The van der Waals surface area contributed by atoms with Gasteiger partial charge in [-0.3, -0.25) is 14.9 Å². The van der Waals surface area contributed by atoms with Gasteiger partial charge in [-0.05, 0) is 50.7 Å². The summed E-state index contributed by atoms with van der Waals surface area (Å²) in [5.74, 6) is 0.791. The van der Waals surface area contributed by atoms with Crippen LogP contribution in [0.4, 0.5) is 30.4 Å². The lowest BCUT2D eigenvalue weighted by molar-refractivity contribution is -0.384. The van der Waals surface area contributed by atoms with E-state index in [2.05, 4.69) is 17.3 Å². The van der Waals surface area contributed by atoms with Crippen LogP contribution in [0, 0.1) is 22.0 Å². The Kier molecular flexibility index (Phi) is 5.83. The monoisotopic (exact) mass is 451 g/mol. The quantitative estimate of drug-likeness (QED) is 0.510. The second kappa shape index (κ2) is 8.44. The molecule has 4 rings (SSSR count). The third-order valence-electron chi connectivity index (χ3n) is 6.32. The van der Waals surface area contributed by atoms with Crippen LogP contribution in [0.25, 0.3) is 0 Å². The highest BCUT2D eigenvalue weighted by Gasteiger charge is 2.35. The number of carbonyl (C=O) groups excluding carboxylic acids is 1. The van der Waals surface area contributed by atoms with E-state index in [9.17, 15) is 28.1 Å². The molecule has 1 atom stereocenters. The Morgan fingerprint density at radius 2 is 1.91 bits per heavy atom. The predicted molar refractivity (Wildman–Crippen MR) is 111 cm³/mol. The lowest BCUT2D eigenvalue weighted by Gasteiger charge is -2.32. The van der Waals surface area contributed by atoms with Crippen LogP contribution >= 0.6 is 0 Å². The number of anilines is 2. The number of benzene rings is 1. The molecule has 1 aliphatic heterocycles. The number of nitrogens with one attached hydrogen (secondary N) is 1. The number of amides is 1. The molecule has 1 aromatic heterocycles. The van der Waals surface area contributed by atoms with Gasteiger partial charge in [-0.15, -0.1) is 0 Å². The summed E-state index contributed by atoms with van der Waals surface area (Å²) in [5.41, 5.74) is -1.50. The summed E-state index contributed by atoms with van der Waals surface area (Å²) in [7, 11) is 0. The van der Waals surface area contributed by atoms with Gasteiger partial charge in [-0.25, -0.2) is 4.68 Å². The van der Waals surface area contributed by atoms with Crippen LogP contribution in [0.15, 0.2) is 30.5 Å². The van der Waals surface area contributed by atoms with Gasteiger partial charge in [-0.1, -0.05) is 0 Å². The van der Waals surface area contributed by atoms with Gasteiger partial charge in [0.25, 0.3) is 5.69 Å². The average Bonchev–Trinajstić information content (AvgIpc) is 3.51. The fourth-order valence-corrected chi connectivity index (χ4v) is 4.24. The molecule has 172 valence electrons. The van der Waals surface area contributed by atoms with Crippen LogP contribution in [0.5, 0.6) is 0 Å². The number of nitrogens with zero attached hydrogens (tertiary/aromatic N) is 4. The number of aromatic nitrogens is 2. The van der Waals surface area contributed by atoms with Gasteiger partial charge in [0.05, 0.1) is 22.7 Å². The normalized spacial score (nSPS) is 18.4. The summed E-state index contributed by atoms with van der Waals surface area (Å²) < 4.78 is 40.6. The minimum Gasteiger partial charge on any atom is -0.366 e. The summed E-state index contributed by atoms with van der Waals surface area (Å²) in [5, 5.41) is 18.6. The number of hydrogen-bond acceptors (Lipinski definition) is 5. The van der Waals surface area contributed by atoms with Crippen LogP contribution in [0.3, 0.4) is 0 Å². The predicted octanol–water partition coefficient (Wildman–Crippen LogP) is 4.64. The maximum absolute atomic E-state index is 12.9. The third-order valence-corrected chi connectivity index (χ3v) is 6.32. The Labute approximate surface area is 182 Å². The van der Waals surface area contributed by atoms with Crippen molar-refractivity contribution in [2.45, 2.75) is 44.8 Å². The van der Waals surface area contributed by atoms with Crippen molar-refractivity contribution in [3.8, 4) is 0 Å². The lowest BCUT2D eigenvalue weighted by Crippen LogP contribution is -2.38. The zero-order valence-electron chi connectivity index (χ0n) is 17.5. The highest BCUT2D eigenvalue weighted by Crippen LogP contribution is 2.40. The fourth-order valence-electron chi connectivity index (χ4n) is 4.24. The van der Waals surface area contributed by atoms with Gasteiger partial charge in [0.15, 0.2) is 0 Å². The van der Waals surface area contributed by atoms with Crippen molar-refractivity contribution in [3.63, 3.8) is 0 Å². The zero-order valence-corrected chi connectivity index (χ0v) is 17.5. The molecule has 1 amide bonds. The van der Waals surface area contributed by atoms with E-state index in [-0.39, 0.29) is 23.6 Å². The maximum atomic E-state index is 12.9. The molecule has 8 nitrogen and oxygen atoms in total. The van der Waals surface area contributed by atoms with E-state index >= 15 is 0 Å². The van der Waals surface area contributed by atoms with Crippen molar-refractivity contribution >= 4 is 23.1 Å². The minimum atomic E-state index is -4.65. The Bertz CT molecular complexity index is 1010. The Balaban J connectivity index is 1.41. The van der Waals surface area contributed by atoms with Crippen LogP contribution in [-0.2, 0) is 11.0 Å². The maximum Gasteiger partial charge on any atom is 0.416 e. The number of carbonyl (C=O) groups is 1. The lowest BCUT2D eigenvalue weighted by atomic mass is 9.95. The largest absolute Gasteiger partial charge is 0.416 e. The molecule has 1 saturated carbocycles. The van der Waals surface area contributed by atoms with E-state index in [0.717, 1.165) is 25.0 Å². The second-order valence-corrected chi connectivity index (χ2v) is 8.45. The van der Waals surface area contributed by atoms with Crippen molar-refractivity contribution in [1.82, 2.24) is 9.78 Å². The SMILES string of the molecule is CC(C1CC1)n1nccc1NC(=O)C1CCN(c2ccc(C(F)(F)F)cc2[N+](=O)[O-])CC1. The molecule has 2 heterocycles. The first-order chi connectivity index (χ1) is 15.1. The Morgan fingerprint density at radius 3 is 2.50 bits per heavy atom. The molecule has 1 unspecified atom stereocenters. The Morgan fingerprint density at radius 1 is 1.22 bits per heavy atom. The summed E-state index contributed by atoms with van der Waals surface area (Å²) in [6.07, 6.45) is 0.192. The fraction of sp³-hybridized carbons (Fsp3) is 0.524. The molecule has 2 aliphatic rings. The molecule has 11 heteroatoms. The number of piperidine rings is 1. The highest BCUT2D eigenvalue weighted by molar-refractivity contribution is 5.92. The van der Waals surface area contributed by atoms with Crippen molar-refractivity contribution in [2.24, 2.45) is 11.8 Å². The third kappa shape index (κ3) is 4.56. The summed E-state index contributed by atoms with van der Waals surface area (Å²) in [4.78, 5) is 25.0. The molecule has 0 radical (unpaired) electrons. The van der Waals surface area contributed by atoms with Gasteiger partial charge in [0, 0.05) is 31.1 Å². The molecule has 1 saturated heterocycles. The van der Waals surface area contributed by atoms with Crippen molar-refractivity contribution in [1.29, 1.82) is 0 Å². The molecule has 2 fully saturated rings. The van der Waals surface area contributed by atoms with Crippen molar-refractivity contribution < 1.29 is 22.9 Å². The highest BCUT2D eigenvalue weighted by atomic mass is 19.4. The van der Waals surface area contributed by atoms with Crippen LogP contribution in [0.1, 0.15) is 44.2 Å². The number of halogens is 3. The molecular weight excluding hydrogens is 427 g/mol. The van der Waals surface area contributed by atoms with E-state index < -0.39 is 22.4 Å². The Hall–Kier alpha value is -3.11. The number of nitro benzene ring substituents is 1. The number of nitro groups is 1. The molecule has 0 spiro atoms. The summed E-state index contributed by atoms with van der Waals surface area (Å²) in [6.45, 7) is 2.75. The first-order valence-electron chi connectivity index (χ1n) is 10.6. The van der Waals surface area contributed by atoms with E-state index in [1.807, 2.05) is 4.68 Å². The van der Waals surface area contributed by atoms with Gasteiger partial charge in [0.1, 0.15) is 11.5 Å². The molecule has 1 aliphatic carbocycles. The first kappa shape index (κ1) is 22.1. The van der Waals surface area contributed by atoms with Crippen LogP contribution < -0.4 is 10.2 Å². The van der Waals surface area contributed by atoms with Gasteiger partial charge in [-0.2, -0.15) is 18.3 Å². The number of hydrogen-bond donors (Lipinski definition) is 1. The summed E-state index contributed by atoms with van der Waals surface area (Å²) in [6, 6.07) is 4.53. The zero-order chi connectivity index (χ0) is 23.0. The van der Waals surface area contributed by atoms with Crippen LogP contribution in [0.2, 0.25) is 0 Å². The van der Waals surface area contributed by atoms with E-state index in [0.29, 0.717) is 43.7 Å². The average molecular weight is 451 g/mol. The smallest absolute Gasteiger partial charge is 0.366 e. The van der Waals surface area contributed by atoms with Crippen LogP contribution in [-0.4, -0.2) is 33.7 Å². The van der Waals surface area contributed by atoms with Gasteiger partial charge in [0.2, 0.25) is 5.91 Å². The van der Waals surface area contributed by atoms with Gasteiger partial charge < -0.3 is 10.2 Å². The second-order valence-electron chi connectivity index (χ2n) is 8.45. The van der Waals surface area contributed by atoms with E-state index in [4.69, 9.17) is 0 Å². The molecule has 1 N–H and O–H groups in total. The van der Waals surface area contributed by atoms with Crippen molar-refractivity contribution in [3.05, 3.63) is 46.1 Å². The first-order valence-corrected chi connectivity index (χ1v) is 10.6. The van der Waals surface area contributed by atoms with Crippen molar-refractivity contribution in [2.75, 3.05) is 23.3 Å². The summed E-state index contributed by atoms with van der Waals surface area (Å²) >= 11 is 0. The molecule has 1 aromatic carbocycles. The molecular formula is C21H24F3N5O3. The molecule has 2 aromatic rings. The topological polar surface area (TPSA) is 93.3 Å². The van der Waals surface area contributed by atoms with E-state index in [1.165, 1.54) is 0 Å². The number of alkyl halides is 3.